The number of halogens is 1. The van der Waals surface area contributed by atoms with Crippen LogP contribution < -0.4 is 0 Å². The summed E-state index contributed by atoms with van der Waals surface area (Å²) in [5.41, 5.74) is 9.78. The lowest BCUT2D eigenvalue weighted by atomic mass is 10.0. The second-order valence-electron chi connectivity index (χ2n) is 5.89. The molecule has 1 heterocycles. The molecule has 1 aromatic carbocycles. The van der Waals surface area contributed by atoms with Crippen LogP contribution >= 0.6 is 15.9 Å². The average molecular weight is 409 g/mol. The Morgan fingerprint density at radius 1 is 1.36 bits per heavy atom. The van der Waals surface area contributed by atoms with Crippen molar-refractivity contribution < 1.29 is 14.3 Å². The summed E-state index contributed by atoms with van der Waals surface area (Å²) in [7, 11) is 0. The van der Waals surface area contributed by atoms with Crippen LogP contribution in [0, 0.1) is 0 Å². The predicted octanol–water partition coefficient (Wildman–Crippen LogP) is 4.21. The number of unbranched alkanes of at least 4 members (excludes halogenated alkanes) is 2. The number of hydrogen-bond donors (Lipinski definition) is 0. The van der Waals surface area contributed by atoms with Crippen LogP contribution in [0.5, 0.6) is 0 Å². The van der Waals surface area contributed by atoms with E-state index in [0.717, 1.165) is 35.1 Å². The van der Waals surface area contributed by atoms with E-state index in [1.807, 2.05) is 30.3 Å². The summed E-state index contributed by atoms with van der Waals surface area (Å²) >= 11 is 3.36. The molecule has 1 saturated heterocycles. The number of ether oxygens (including phenoxy) is 1. The third-order valence-corrected chi connectivity index (χ3v) is 4.66. The highest BCUT2D eigenvalue weighted by atomic mass is 79.9. The summed E-state index contributed by atoms with van der Waals surface area (Å²) in [5, 5.41) is 4.51. The van der Waals surface area contributed by atoms with Gasteiger partial charge in [0, 0.05) is 10.2 Å². The Balaban J connectivity index is 2.06. The van der Waals surface area contributed by atoms with Crippen LogP contribution in [0.25, 0.3) is 10.4 Å². The molecule has 7 nitrogen and oxygen atoms in total. The number of alkyl halides is 1. The molecule has 0 N–H and O–H groups in total. The van der Waals surface area contributed by atoms with Crippen LogP contribution in [0.3, 0.4) is 0 Å². The maximum absolute atomic E-state index is 12.8. The third-order valence-electron chi connectivity index (χ3n) is 4.10. The number of amides is 2. The molecule has 134 valence electrons. The van der Waals surface area contributed by atoms with Crippen LogP contribution in [-0.4, -0.2) is 40.9 Å². The first kappa shape index (κ1) is 19.3. The van der Waals surface area contributed by atoms with Crippen molar-refractivity contribution in [2.75, 3.05) is 11.9 Å². The summed E-state index contributed by atoms with van der Waals surface area (Å²) in [4.78, 5) is 28.7. The van der Waals surface area contributed by atoms with E-state index in [0.29, 0.717) is 12.8 Å². The number of cyclic esters (lactones) is 1. The molecule has 0 saturated carbocycles. The molecule has 0 radical (unpaired) electrons. The van der Waals surface area contributed by atoms with Crippen molar-refractivity contribution in [2.45, 2.75) is 44.2 Å². The van der Waals surface area contributed by atoms with Gasteiger partial charge in [-0.2, -0.15) is 0 Å². The fourth-order valence-corrected chi connectivity index (χ4v) is 3.23. The average Bonchev–Trinajstić information content (AvgIpc) is 2.98. The van der Waals surface area contributed by atoms with Gasteiger partial charge in [-0.25, -0.2) is 9.69 Å². The first-order chi connectivity index (χ1) is 12.2. The van der Waals surface area contributed by atoms with Gasteiger partial charge in [0.2, 0.25) is 5.91 Å². The fourth-order valence-electron chi connectivity index (χ4n) is 2.83. The third kappa shape index (κ3) is 5.47. The quantitative estimate of drug-likeness (QED) is 0.201. The van der Waals surface area contributed by atoms with E-state index in [2.05, 4.69) is 26.0 Å². The first-order valence-electron chi connectivity index (χ1n) is 8.31. The number of benzene rings is 1. The monoisotopic (exact) mass is 408 g/mol. The minimum Gasteiger partial charge on any atom is -0.447 e. The lowest BCUT2D eigenvalue weighted by Gasteiger charge is -2.22. The van der Waals surface area contributed by atoms with E-state index in [1.54, 1.807) is 0 Å². The largest absolute Gasteiger partial charge is 0.447 e. The first-order valence-corrected chi connectivity index (χ1v) is 9.43. The number of hydrogen-bond acceptors (Lipinski definition) is 4. The molecule has 2 amide bonds. The van der Waals surface area contributed by atoms with E-state index in [1.165, 1.54) is 0 Å². The molecule has 0 aromatic heterocycles. The smallest absolute Gasteiger partial charge is 0.416 e. The van der Waals surface area contributed by atoms with Gasteiger partial charge in [0.1, 0.15) is 12.6 Å². The molecule has 0 aliphatic carbocycles. The van der Waals surface area contributed by atoms with Gasteiger partial charge in [-0.15, -0.1) is 0 Å². The lowest BCUT2D eigenvalue weighted by molar-refractivity contribution is -0.130. The minimum atomic E-state index is -0.871. The van der Waals surface area contributed by atoms with Crippen LogP contribution in [-0.2, 0) is 16.0 Å². The highest BCUT2D eigenvalue weighted by Crippen LogP contribution is 2.21. The van der Waals surface area contributed by atoms with Crippen molar-refractivity contribution in [3.8, 4) is 0 Å². The van der Waals surface area contributed by atoms with Crippen LogP contribution in [0.1, 0.15) is 31.2 Å². The van der Waals surface area contributed by atoms with Crippen molar-refractivity contribution >= 4 is 27.9 Å². The predicted molar refractivity (Wildman–Crippen MR) is 97.3 cm³/mol. The minimum absolute atomic E-state index is 0.159. The molecule has 2 atom stereocenters. The molecule has 1 aliphatic rings. The molecule has 1 fully saturated rings. The van der Waals surface area contributed by atoms with E-state index in [4.69, 9.17) is 10.3 Å². The summed E-state index contributed by atoms with van der Waals surface area (Å²) in [6, 6.07) is 8.36. The zero-order chi connectivity index (χ0) is 18.1. The molecule has 0 bridgehead atoms. The SMILES string of the molecule is [N-]=[N+]=N[C@@H](CCCCCBr)C(=O)N1C(=O)OC[C@@H]1Cc1ccccc1. The molecule has 8 heteroatoms. The molecule has 25 heavy (non-hydrogen) atoms. The Kier molecular flexibility index (Phi) is 7.76. The Morgan fingerprint density at radius 2 is 2.12 bits per heavy atom. The van der Waals surface area contributed by atoms with Crippen molar-refractivity contribution in [3.63, 3.8) is 0 Å². The van der Waals surface area contributed by atoms with Crippen molar-refractivity contribution in [2.24, 2.45) is 5.11 Å². The van der Waals surface area contributed by atoms with Gasteiger partial charge < -0.3 is 4.74 Å². The normalized spacial score (nSPS) is 17.7. The Morgan fingerprint density at radius 3 is 2.80 bits per heavy atom. The number of imide groups is 1. The highest BCUT2D eigenvalue weighted by Gasteiger charge is 2.40. The van der Waals surface area contributed by atoms with Gasteiger partial charge in [0.25, 0.3) is 0 Å². The standard InChI is InChI=1S/C17H21BrN4O3/c18-10-6-2-5-9-15(20-21-19)16(23)22-14(12-25-17(22)24)11-13-7-3-1-4-8-13/h1,3-4,7-8,14-15H,2,5-6,9-12H2/t14-,15-/m0/s1. The van der Waals surface area contributed by atoms with Crippen LogP contribution in [0.2, 0.25) is 0 Å². The topological polar surface area (TPSA) is 95.4 Å². The highest BCUT2D eigenvalue weighted by molar-refractivity contribution is 9.09. The van der Waals surface area contributed by atoms with E-state index in [-0.39, 0.29) is 12.6 Å². The Bertz CT molecular complexity index is 634. The Labute approximate surface area is 155 Å². The summed E-state index contributed by atoms with van der Waals surface area (Å²) in [6.07, 6.45) is 2.95. The van der Waals surface area contributed by atoms with E-state index in [9.17, 15) is 9.59 Å². The zero-order valence-corrected chi connectivity index (χ0v) is 15.5. The summed E-state index contributed by atoms with van der Waals surface area (Å²) in [6.45, 7) is 0.159. The van der Waals surface area contributed by atoms with E-state index >= 15 is 0 Å². The second-order valence-corrected chi connectivity index (χ2v) is 6.68. The number of carbonyl (C=O) groups excluding carboxylic acids is 2. The maximum Gasteiger partial charge on any atom is 0.416 e. The van der Waals surface area contributed by atoms with Gasteiger partial charge in [-0.1, -0.05) is 64.2 Å². The van der Waals surface area contributed by atoms with Gasteiger partial charge in [-0.05, 0) is 30.4 Å². The van der Waals surface area contributed by atoms with Gasteiger partial charge in [0.05, 0.1) is 6.04 Å². The number of rotatable bonds is 9. The van der Waals surface area contributed by atoms with Gasteiger partial charge in [-0.3, -0.25) is 4.79 Å². The number of nitrogens with zero attached hydrogens (tertiary/aromatic N) is 4. The molecule has 0 unspecified atom stereocenters. The fraction of sp³-hybridized carbons (Fsp3) is 0.529. The van der Waals surface area contributed by atoms with E-state index < -0.39 is 18.0 Å². The molecule has 1 aromatic rings. The number of carbonyl (C=O) groups is 2. The summed E-state index contributed by atoms with van der Waals surface area (Å²) in [5.74, 6) is -0.472. The zero-order valence-electron chi connectivity index (χ0n) is 13.9. The molecule has 0 spiro atoms. The molecular formula is C17H21BrN4O3. The number of azide groups is 1. The molecule has 1 aliphatic heterocycles. The van der Waals surface area contributed by atoms with Gasteiger partial charge >= 0.3 is 6.09 Å². The lowest BCUT2D eigenvalue weighted by Crippen LogP contribution is -2.45. The van der Waals surface area contributed by atoms with Crippen molar-refractivity contribution in [1.29, 1.82) is 0 Å². The van der Waals surface area contributed by atoms with Crippen molar-refractivity contribution in [1.82, 2.24) is 4.90 Å². The maximum atomic E-state index is 12.8. The van der Waals surface area contributed by atoms with Gasteiger partial charge in [0.15, 0.2) is 0 Å². The van der Waals surface area contributed by atoms with Crippen LogP contribution in [0.15, 0.2) is 35.4 Å². The molecule has 2 rings (SSSR count). The molecular weight excluding hydrogens is 388 g/mol. The Hall–Kier alpha value is -2.05. The van der Waals surface area contributed by atoms with Crippen LogP contribution in [0.4, 0.5) is 4.79 Å². The van der Waals surface area contributed by atoms with Crippen molar-refractivity contribution in [3.05, 3.63) is 46.3 Å². The summed E-state index contributed by atoms with van der Waals surface area (Å²) < 4.78 is 5.07. The second kappa shape index (κ2) is 10.1.